The third kappa shape index (κ3) is 3.13. The van der Waals surface area contributed by atoms with Crippen LogP contribution in [0.2, 0.25) is 0 Å². The molecular weight excluding hydrogens is 230 g/mol. The normalized spacial score (nSPS) is 24.7. The van der Waals surface area contributed by atoms with E-state index in [4.69, 9.17) is 9.52 Å². The molecule has 0 aliphatic heterocycles. The minimum absolute atomic E-state index is 0.0591. The Labute approximate surface area is 107 Å². The van der Waals surface area contributed by atoms with E-state index in [1.165, 1.54) is 38.4 Å². The van der Waals surface area contributed by atoms with E-state index >= 15 is 0 Å². The number of aromatic carboxylic acids is 1. The van der Waals surface area contributed by atoms with Crippen molar-refractivity contribution in [1.82, 2.24) is 5.32 Å². The first kappa shape index (κ1) is 13.1. The van der Waals surface area contributed by atoms with Gasteiger partial charge in [0.25, 0.3) is 0 Å². The van der Waals surface area contributed by atoms with E-state index in [1.54, 1.807) is 6.07 Å². The molecule has 0 radical (unpaired) electrons. The summed E-state index contributed by atoms with van der Waals surface area (Å²) in [6.45, 7) is 2.85. The molecule has 2 atom stereocenters. The van der Waals surface area contributed by atoms with Crippen molar-refractivity contribution in [2.45, 2.75) is 51.6 Å². The average molecular weight is 251 g/mol. The molecule has 1 saturated carbocycles. The summed E-state index contributed by atoms with van der Waals surface area (Å²) >= 11 is 0. The smallest absolute Gasteiger partial charge is 0.372 e. The van der Waals surface area contributed by atoms with E-state index in [0.29, 0.717) is 18.5 Å². The molecule has 0 bridgehead atoms. The summed E-state index contributed by atoms with van der Waals surface area (Å²) in [5, 5.41) is 12.5. The maximum Gasteiger partial charge on any atom is 0.372 e. The predicted octanol–water partition coefficient (Wildman–Crippen LogP) is 3.04. The van der Waals surface area contributed by atoms with Crippen LogP contribution in [0.5, 0.6) is 0 Å². The second kappa shape index (κ2) is 6.05. The van der Waals surface area contributed by atoms with Crippen molar-refractivity contribution in [2.75, 3.05) is 0 Å². The highest BCUT2D eigenvalue weighted by Crippen LogP contribution is 2.23. The minimum atomic E-state index is -0.995. The Hall–Kier alpha value is -1.29. The minimum Gasteiger partial charge on any atom is -0.475 e. The summed E-state index contributed by atoms with van der Waals surface area (Å²) < 4.78 is 4.98. The van der Waals surface area contributed by atoms with Gasteiger partial charge < -0.3 is 14.8 Å². The van der Waals surface area contributed by atoms with Crippen LogP contribution in [-0.2, 0) is 6.54 Å². The fourth-order valence-electron chi connectivity index (χ4n) is 2.70. The van der Waals surface area contributed by atoms with Crippen molar-refractivity contribution >= 4 is 5.97 Å². The van der Waals surface area contributed by atoms with Crippen LogP contribution < -0.4 is 5.32 Å². The molecule has 2 N–H and O–H groups in total. The van der Waals surface area contributed by atoms with Gasteiger partial charge >= 0.3 is 5.97 Å². The predicted molar refractivity (Wildman–Crippen MR) is 68.5 cm³/mol. The lowest BCUT2D eigenvalue weighted by atomic mass is 9.97. The molecule has 0 aromatic carbocycles. The Balaban J connectivity index is 1.93. The van der Waals surface area contributed by atoms with Gasteiger partial charge in [0.15, 0.2) is 0 Å². The van der Waals surface area contributed by atoms with E-state index in [-0.39, 0.29) is 5.76 Å². The van der Waals surface area contributed by atoms with E-state index in [1.807, 2.05) is 0 Å². The Kier molecular flexibility index (Phi) is 4.42. The lowest BCUT2D eigenvalue weighted by Gasteiger charge is -2.22. The number of nitrogens with one attached hydrogen (secondary N) is 1. The van der Waals surface area contributed by atoms with Crippen LogP contribution in [-0.4, -0.2) is 17.1 Å². The second-order valence-corrected chi connectivity index (χ2v) is 5.18. The number of furan rings is 1. The van der Waals surface area contributed by atoms with E-state index < -0.39 is 5.97 Å². The highest BCUT2D eigenvalue weighted by atomic mass is 16.4. The third-order valence-corrected chi connectivity index (χ3v) is 3.86. The molecule has 4 heteroatoms. The average Bonchev–Trinajstić information content (AvgIpc) is 2.71. The van der Waals surface area contributed by atoms with Gasteiger partial charge in [0.05, 0.1) is 6.26 Å². The third-order valence-electron chi connectivity index (χ3n) is 3.86. The standard InChI is InChI=1S/C14H21NO3/c1-10-5-3-2-4-6-12(10)15-9-11-7-8-18-13(11)14(16)17/h7-8,10,12,15H,2-6,9H2,1H3,(H,16,17). The quantitative estimate of drug-likeness (QED) is 0.807. The van der Waals surface area contributed by atoms with Crippen LogP contribution in [0, 0.1) is 5.92 Å². The lowest BCUT2D eigenvalue weighted by Crippen LogP contribution is -2.34. The van der Waals surface area contributed by atoms with Gasteiger partial charge in [-0.15, -0.1) is 0 Å². The van der Waals surface area contributed by atoms with Crippen molar-refractivity contribution in [3.63, 3.8) is 0 Å². The highest BCUT2D eigenvalue weighted by Gasteiger charge is 2.21. The molecule has 1 heterocycles. The van der Waals surface area contributed by atoms with E-state index in [0.717, 1.165) is 5.56 Å². The highest BCUT2D eigenvalue weighted by molar-refractivity contribution is 5.86. The molecule has 1 aliphatic rings. The Morgan fingerprint density at radius 2 is 2.22 bits per heavy atom. The van der Waals surface area contributed by atoms with E-state index in [2.05, 4.69) is 12.2 Å². The largest absolute Gasteiger partial charge is 0.475 e. The summed E-state index contributed by atoms with van der Waals surface area (Å²) in [5.41, 5.74) is 0.735. The first-order valence-corrected chi connectivity index (χ1v) is 6.71. The summed E-state index contributed by atoms with van der Waals surface area (Å²) in [6, 6.07) is 2.22. The van der Waals surface area contributed by atoms with Crippen molar-refractivity contribution in [1.29, 1.82) is 0 Å². The number of carbonyl (C=O) groups is 1. The number of rotatable bonds is 4. The molecule has 1 fully saturated rings. The monoisotopic (exact) mass is 251 g/mol. The van der Waals surface area contributed by atoms with Gasteiger partial charge in [-0.1, -0.05) is 26.2 Å². The molecule has 2 unspecified atom stereocenters. The second-order valence-electron chi connectivity index (χ2n) is 5.18. The molecule has 2 rings (SSSR count). The van der Waals surface area contributed by atoms with Gasteiger partial charge in [0.2, 0.25) is 5.76 Å². The molecule has 1 aliphatic carbocycles. The maximum atomic E-state index is 10.9. The fourth-order valence-corrected chi connectivity index (χ4v) is 2.70. The topological polar surface area (TPSA) is 62.5 Å². The van der Waals surface area contributed by atoms with Crippen LogP contribution in [0.25, 0.3) is 0 Å². The summed E-state index contributed by atoms with van der Waals surface area (Å²) in [5.74, 6) is -0.276. The molecule has 1 aromatic heterocycles. The molecule has 0 saturated heterocycles. The van der Waals surface area contributed by atoms with Crippen molar-refractivity contribution in [3.05, 3.63) is 23.7 Å². The van der Waals surface area contributed by atoms with Gasteiger partial charge in [-0.05, 0) is 24.8 Å². The van der Waals surface area contributed by atoms with E-state index in [9.17, 15) is 4.79 Å². The van der Waals surface area contributed by atoms with Crippen LogP contribution in [0.4, 0.5) is 0 Å². The molecule has 100 valence electrons. The number of carboxylic acids is 1. The van der Waals surface area contributed by atoms with Gasteiger partial charge in [0.1, 0.15) is 0 Å². The van der Waals surface area contributed by atoms with Gasteiger partial charge in [-0.2, -0.15) is 0 Å². The van der Waals surface area contributed by atoms with Gasteiger partial charge in [-0.3, -0.25) is 0 Å². The SMILES string of the molecule is CC1CCCCCC1NCc1ccoc1C(=O)O. The molecule has 0 spiro atoms. The summed E-state index contributed by atoms with van der Waals surface area (Å²) in [7, 11) is 0. The number of hydrogen-bond donors (Lipinski definition) is 2. The molecule has 18 heavy (non-hydrogen) atoms. The van der Waals surface area contributed by atoms with Crippen molar-refractivity contribution < 1.29 is 14.3 Å². The summed E-state index contributed by atoms with van der Waals surface area (Å²) in [6.07, 6.45) is 7.77. The van der Waals surface area contributed by atoms with Crippen molar-refractivity contribution in [3.8, 4) is 0 Å². The van der Waals surface area contributed by atoms with Crippen LogP contribution in [0.1, 0.15) is 55.1 Å². The van der Waals surface area contributed by atoms with Crippen molar-refractivity contribution in [2.24, 2.45) is 5.92 Å². The zero-order valence-corrected chi connectivity index (χ0v) is 10.8. The lowest BCUT2D eigenvalue weighted by molar-refractivity contribution is 0.0660. The van der Waals surface area contributed by atoms with Gasteiger partial charge in [0, 0.05) is 18.2 Å². The number of carboxylic acid groups (broad SMARTS) is 1. The zero-order valence-electron chi connectivity index (χ0n) is 10.8. The maximum absolute atomic E-state index is 10.9. The zero-order chi connectivity index (χ0) is 13.0. The Morgan fingerprint density at radius 1 is 1.44 bits per heavy atom. The fraction of sp³-hybridized carbons (Fsp3) is 0.643. The Bertz CT molecular complexity index is 399. The van der Waals surface area contributed by atoms with Gasteiger partial charge in [-0.25, -0.2) is 4.79 Å². The Morgan fingerprint density at radius 3 is 3.00 bits per heavy atom. The summed E-state index contributed by atoms with van der Waals surface area (Å²) in [4.78, 5) is 10.9. The molecular formula is C14H21NO3. The van der Waals surface area contributed by atoms with Crippen LogP contribution >= 0.6 is 0 Å². The molecule has 4 nitrogen and oxygen atoms in total. The number of hydrogen-bond acceptors (Lipinski definition) is 3. The van der Waals surface area contributed by atoms with Crippen LogP contribution in [0.15, 0.2) is 16.7 Å². The molecule has 1 aromatic rings. The first-order chi connectivity index (χ1) is 8.68. The van der Waals surface area contributed by atoms with Crippen LogP contribution in [0.3, 0.4) is 0 Å². The molecule has 0 amide bonds. The first-order valence-electron chi connectivity index (χ1n) is 6.71.